The van der Waals surface area contributed by atoms with Crippen LogP contribution in [0.5, 0.6) is 0 Å². The third-order valence-corrected chi connectivity index (χ3v) is 4.29. The molecule has 3 rings (SSSR count). The monoisotopic (exact) mass is 351 g/mol. The van der Waals surface area contributed by atoms with E-state index in [1.54, 1.807) is 24.3 Å². The predicted molar refractivity (Wildman–Crippen MR) is 101 cm³/mol. The first-order valence-corrected chi connectivity index (χ1v) is 8.43. The number of hydrogen-bond donors (Lipinski definition) is 2. The van der Waals surface area contributed by atoms with Crippen LogP contribution in [0.4, 0.5) is 17.1 Å². The van der Waals surface area contributed by atoms with E-state index in [4.69, 9.17) is 0 Å². The highest BCUT2D eigenvalue weighted by atomic mass is 16.2. The van der Waals surface area contributed by atoms with Gasteiger partial charge in [-0.3, -0.25) is 14.4 Å². The summed E-state index contributed by atoms with van der Waals surface area (Å²) < 4.78 is 0. The molecule has 0 radical (unpaired) electrons. The van der Waals surface area contributed by atoms with Crippen molar-refractivity contribution in [1.29, 1.82) is 0 Å². The molecule has 0 aromatic heterocycles. The van der Waals surface area contributed by atoms with E-state index in [1.165, 1.54) is 11.8 Å². The van der Waals surface area contributed by atoms with Crippen LogP contribution in [0.2, 0.25) is 0 Å². The second kappa shape index (κ2) is 7.00. The molecule has 0 aliphatic carbocycles. The van der Waals surface area contributed by atoms with E-state index in [0.29, 0.717) is 17.1 Å². The second-order valence-corrected chi connectivity index (χ2v) is 6.52. The summed E-state index contributed by atoms with van der Waals surface area (Å²) in [5, 5.41) is 5.79. The van der Waals surface area contributed by atoms with Crippen molar-refractivity contribution in [2.24, 2.45) is 0 Å². The third-order valence-electron chi connectivity index (χ3n) is 4.29. The van der Waals surface area contributed by atoms with Crippen molar-refractivity contribution in [1.82, 2.24) is 0 Å². The Morgan fingerprint density at radius 1 is 1.04 bits per heavy atom. The molecule has 1 fully saturated rings. The van der Waals surface area contributed by atoms with Gasteiger partial charge in [0, 0.05) is 18.3 Å². The first-order valence-electron chi connectivity index (χ1n) is 8.43. The summed E-state index contributed by atoms with van der Waals surface area (Å²) >= 11 is 0. The first-order chi connectivity index (χ1) is 12.3. The smallest absolute Gasteiger partial charge is 0.256 e. The minimum Gasteiger partial charge on any atom is -0.373 e. The summed E-state index contributed by atoms with van der Waals surface area (Å²) in [6, 6.07) is 12.1. The molecule has 2 aromatic carbocycles. The van der Waals surface area contributed by atoms with Crippen LogP contribution in [0.25, 0.3) is 0 Å². The van der Waals surface area contributed by atoms with Gasteiger partial charge in [-0.1, -0.05) is 17.7 Å². The van der Waals surface area contributed by atoms with Crippen LogP contribution < -0.4 is 15.5 Å². The Hall–Kier alpha value is -3.15. The minimum absolute atomic E-state index is 0.111. The Bertz CT molecular complexity index is 874. The largest absolute Gasteiger partial charge is 0.373 e. The number of aryl methyl sites for hydroxylation is 2. The summed E-state index contributed by atoms with van der Waals surface area (Å²) in [4.78, 5) is 37.5. The number of amides is 3. The summed E-state index contributed by atoms with van der Waals surface area (Å²) in [6.07, 6.45) is 0.111. The maximum absolute atomic E-state index is 12.8. The van der Waals surface area contributed by atoms with Gasteiger partial charge in [-0.2, -0.15) is 0 Å². The van der Waals surface area contributed by atoms with Crippen LogP contribution in [0.1, 0.15) is 24.5 Å². The number of benzene rings is 2. The lowest BCUT2D eigenvalue weighted by atomic mass is 10.1. The Morgan fingerprint density at radius 2 is 1.69 bits per heavy atom. The number of nitrogens with zero attached hydrogens (tertiary/aromatic N) is 1. The molecule has 2 aromatic rings. The highest BCUT2D eigenvalue weighted by molar-refractivity contribution is 6.23. The van der Waals surface area contributed by atoms with Gasteiger partial charge in [-0.05, 0) is 49.7 Å². The maximum Gasteiger partial charge on any atom is 0.256 e. The Balaban J connectivity index is 1.75. The van der Waals surface area contributed by atoms with E-state index in [0.717, 1.165) is 11.1 Å². The molecule has 1 saturated heterocycles. The molecule has 26 heavy (non-hydrogen) atoms. The topological polar surface area (TPSA) is 78.5 Å². The van der Waals surface area contributed by atoms with Gasteiger partial charge in [0.05, 0.1) is 12.1 Å². The predicted octanol–water partition coefficient (Wildman–Crippen LogP) is 3.01. The number of anilines is 3. The van der Waals surface area contributed by atoms with E-state index in [2.05, 4.69) is 10.6 Å². The molecule has 1 atom stereocenters. The van der Waals surface area contributed by atoms with Crippen LogP contribution in [0.15, 0.2) is 42.5 Å². The molecule has 1 heterocycles. The number of hydrogen-bond acceptors (Lipinski definition) is 4. The fourth-order valence-corrected chi connectivity index (χ4v) is 3.11. The molecule has 134 valence electrons. The zero-order valence-electron chi connectivity index (χ0n) is 15.0. The summed E-state index contributed by atoms with van der Waals surface area (Å²) in [7, 11) is 0. The minimum atomic E-state index is -0.602. The zero-order valence-corrected chi connectivity index (χ0v) is 15.0. The van der Waals surface area contributed by atoms with Crippen molar-refractivity contribution in [3.05, 3.63) is 53.6 Å². The van der Waals surface area contributed by atoms with Crippen molar-refractivity contribution in [2.45, 2.75) is 33.2 Å². The van der Waals surface area contributed by atoms with Crippen LogP contribution in [-0.4, -0.2) is 23.8 Å². The fraction of sp³-hybridized carbons (Fsp3) is 0.250. The standard InChI is InChI=1S/C20H21N3O3/c1-12-4-9-18(13(2)10-12)23-19(25)11-17(20(23)26)22-16-7-5-15(6-8-16)21-14(3)24/h4-10,17,22H,11H2,1-3H3,(H,21,24)/t17-/m0/s1. The van der Waals surface area contributed by atoms with Gasteiger partial charge in [0.2, 0.25) is 11.8 Å². The average molecular weight is 351 g/mol. The zero-order chi connectivity index (χ0) is 18.8. The number of carbonyl (C=O) groups is 3. The molecule has 0 saturated carbocycles. The normalized spacial score (nSPS) is 16.7. The SMILES string of the molecule is CC(=O)Nc1ccc(N[C@H]2CC(=O)N(c3ccc(C)cc3C)C2=O)cc1. The number of rotatable bonds is 4. The van der Waals surface area contributed by atoms with Crippen molar-refractivity contribution in [3.63, 3.8) is 0 Å². The lowest BCUT2D eigenvalue weighted by Crippen LogP contribution is -2.35. The van der Waals surface area contributed by atoms with Gasteiger partial charge in [0.15, 0.2) is 0 Å². The van der Waals surface area contributed by atoms with Gasteiger partial charge in [-0.25, -0.2) is 4.90 Å². The fourth-order valence-electron chi connectivity index (χ4n) is 3.11. The van der Waals surface area contributed by atoms with E-state index < -0.39 is 6.04 Å². The van der Waals surface area contributed by atoms with E-state index in [1.807, 2.05) is 32.0 Å². The van der Waals surface area contributed by atoms with E-state index >= 15 is 0 Å². The molecule has 0 unspecified atom stereocenters. The maximum atomic E-state index is 12.8. The van der Waals surface area contributed by atoms with Gasteiger partial charge < -0.3 is 10.6 Å². The van der Waals surface area contributed by atoms with Crippen LogP contribution in [-0.2, 0) is 14.4 Å². The molecule has 0 spiro atoms. The molecule has 2 N–H and O–H groups in total. The van der Waals surface area contributed by atoms with E-state index in [-0.39, 0.29) is 24.1 Å². The van der Waals surface area contributed by atoms with Crippen LogP contribution >= 0.6 is 0 Å². The number of carbonyl (C=O) groups excluding carboxylic acids is 3. The molecule has 6 heteroatoms. The molecule has 3 amide bonds. The van der Waals surface area contributed by atoms with Gasteiger partial charge >= 0.3 is 0 Å². The quantitative estimate of drug-likeness (QED) is 0.830. The second-order valence-electron chi connectivity index (χ2n) is 6.52. The molecule has 1 aliphatic heterocycles. The van der Waals surface area contributed by atoms with Crippen LogP contribution in [0.3, 0.4) is 0 Å². The average Bonchev–Trinajstić information content (AvgIpc) is 2.83. The Morgan fingerprint density at radius 3 is 2.31 bits per heavy atom. The molecule has 1 aliphatic rings. The first kappa shape index (κ1) is 17.7. The molecule has 0 bridgehead atoms. The lowest BCUT2D eigenvalue weighted by molar-refractivity contribution is -0.121. The van der Waals surface area contributed by atoms with Gasteiger partial charge in [-0.15, -0.1) is 0 Å². The lowest BCUT2D eigenvalue weighted by Gasteiger charge is -2.18. The van der Waals surface area contributed by atoms with Crippen molar-refractivity contribution < 1.29 is 14.4 Å². The summed E-state index contributed by atoms with van der Waals surface area (Å²) in [5.41, 5.74) is 4.00. The van der Waals surface area contributed by atoms with Crippen LogP contribution in [0, 0.1) is 13.8 Å². The highest BCUT2D eigenvalue weighted by Gasteiger charge is 2.40. The van der Waals surface area contributed by atoms with Crippen molar-refractivity contribution >= 4 is 34.8 Å². The third kappa shape index (κ3) is 3.59. The van der Waals surface area contributed by atoms with Crippen molar-refractivity contribution in [3.8, 4) is 0 Å². The van der Waals surface area contributed by atoms with Gasteiger partial charge in [0.1, 0.15) is 6.04 Å². The number of imide groups is 1. The summed E-state index contributed by atoms with van der Waals surface area (Å²) in [5.74, 6) is -0.617. The van der Waals surface area contributed by atoms with E-state index in [9.17, 15) is 14.4 Å². The summed E-state index contributed by atoms with van der Waals surface area (Å²) in [6.45, 7) is 5.31. The molecular weight excluding hydrogens is 330 g/mol. The Labute approximate surface area is 152 Å². The Kier molecular flexibility index (Phi) is 4.75. The highest BCUT2D eigenvalue weighted by Crippen LogP contribution is 2.28. The molecular formula is C20H21N3O3. The number of nitrogens with one attached hydrogen (secondary N) is 2. The molecule has 6 nitrogen and oxygen atoms in total. The van der Waals surface area contributed by atoms with Crippen molar-refractivity contribution in [2.75, 3.05) is 15.5 Å². The van der Waals surface area contributed by atoms with Gasteiger partial charge in [0.25, 0.3) is 5.91 Å².